The van der Waals surface area contributed by atoms with E-state index < -0.39 is 41.3 Å². The minimum absolute atomic E-state index is 0.237. The van der Waals surface area contributed by atoms with Crippen molar-refractivity contribution in [3.05, 3.63) is 79.1 Å². The van der Waals surface area contributed by atoms with Crippen molar-refractivity contribution in [2.75, 3.05) is 18.5 Å². The van der Waals surface area contributed by atoms with Gasteiger partial charge in [-0.1, -0.05) is 29.8 Å². The molecule has 0 radical (unpaired) electrons. The number of nitrogens with one attached hydrogen (secondary N) is 1. The van der Waals surface area contributed by atoms with E-state index in [4.69, 9.17) is 4.74 Å². The van der Waals surface area contributed by atoms with Crippen LogP contribution in [0.15, 0.2) is 36.4 Å². The quantitative estimate of drug-likeness (QED) is 0.319. The van der Waals surface area contributed by atoms with Gasteiger partial charge in [0.1, 0.15) is 19.0 Å². The number of carbonyl (C=O) groups is 1. The Balaban J connectivity index is 2.09. The zero-order valence-electron chi connectivity index (χ0n) is 16.7. The predicted octanol–water partition coefficient (Wildman–Crippen LogP) is 3.06. The fourth-order valence-electron chi connectivity index (χ4n) is 2.68. The van der Waals surface area contributed by atoms with Gasteiger partial charge in [-0.2, -0.15) is 0 Å². The van der Waals surface area contributed by atoms with Gasteiger partial charge in [0.15, 0.2) is 6.10 Å². The van der Waals surface area contributed by atoms with Gasteiger partial charge in [0.25, 0.3) is 10.2 Å². The van der Waals surface area contributed by atoms with E-state index in [0.717, 1.165) is 5.56 Å². The summed E-state index contributed by atoms with van der Waals surface area (Å²) in [5.74, 6) is -1.23. The van der Waals surface area contributed by atoms with Crippen LogP contribution in [0.5, 0.6) is 0 Å². The lowest BCUT2D eigenvalue weighted by Gasteiger charge is -2.16. The summed E-state index contributed by atoms with van der Waals surface area (Å²) in [6, 6.07) is 9.79. The third-order valence-corrected chi connectivity index (χ3v) is 4.11. The molecule has 0 heterocycles. The Morgan fingerprint density at radius 3 is 2.52 bits per heavy atom. The van der Waals surface area contributed by atoms with Crippen molar-refractivity contribution in [2.45, 2.75) is 26.4 Å². The summed E-state index contributed by atoms with van der Waals surface area (Å²) < 4.78 is 19.1. The van der Waals surface area contributed by atoms with Gasteiger partial charge < -0.3 is 19.7 Å². The Bertz CT molecular complexity index is 949. The van der Waals surface area contributed by atoms with Gasteiger partial charge >= 0.3 is 5.97 Å². The SMILES string of the molecule is Cc1ccc(Nc2c(C)cccc2F)c(CC(=O)OCC(CO[N+](=O)[O-])O[N+](=O)[O-])c1. The van der Waals surface area contributed by atoms with Gasteiger partial charge in [-0.3, -0.25) is 4.79 Å². The molecule has 11 nitrogen and oxygen atoms in total. The number of benzene rings is 2. The van der Waals surface area contributed by atoms with E-state index in [2.05, 4.69) is 15.0 Å². The van der Waals surface area contributed by atoms with Gasteiger partial charge in [0.05, 0.1) is 12.1 Å². The van der Waals surface area contributed by atoms with Crippen LogP contribution < -0.4 is 5.32 Å². The second-order valence-electron chi connectivity index (χ2n) is 6.55. The molecule has 0 aliphatic carbocycles. The molecule has 0 aliphatic heterocycles. The maximum atomic E-state index is 14.2. The monoisotopic (exact) mass is 437 g/mol. The molecule has 0 saturated heterocycles. The first-order valence-electron chi connectivity index (χ1n) is 9.01. The van der Waals surface area contributed by atoms with E-state index in [-0.39, 0.29) is 12.1 Å². The minimum Gasteiger partial charge on any atom is -0.463 e. The number of esters is 1. The van der Waals surface area contributed by atoms with Crippen LogP contribution >= 0.6 is 0 Å². The highest BCUT2D eigenvalue weighted by Crippen LogP contribution is 2.27. The third kappa shape index (κ3) is 7.42. The van der Waals surface area contributed by atoms with Crippen LogP contribution in [0.2, 0.25) is 0 Å². The normalized spacial score (nSPS) is 11.3. The van der Waals surface area contributed by atoms with Crippen LogP contribution in [0, 0.1) is 39.9 Å². The van der Waals surface area contributed by atoms with Crippen molar-refractivity contribution in [1.82, 2.24) is 0 Å². The van der Waals surface area contributed by atoms with E-state index in [1.807, 2.05) is 6.92 Å². The molecule has 166 valence electrons. The summed E-state index contributed by atoms with van der Waals surface area (Å²) in [6.45, 7) is 2.12. The molecule has 1 N–H and O–H groups in total. The molecule has 31 heavy (non-hydrogen) atoms. The summed E-state index contributed by atoms with van der Waals surface area (Å²) in [6.07, 6.45) is -1.71. The zero-order valence-corrected chi connectivity index (χ0v) is 16.7. The number of rotatable bonds is 11. The van der Waals surface area contributed by atoms with Crippen molar-refractivity contribution in [2.24, 2.45) is 0 Å². The van der Waals surface area contributed by atoms with Gasteiger partial charge in [-0.05, 0) is 37.1 Å². The molecule has 2 rings (SSSR count). The number of hydrogen-bond donors (Lipinski definition) is 1. The van der Waals surface area contributed by atoms with Crippen molar-refractivity contribution in [1.29, 1.82) is 0 Å². The number of aryl methyl sites for hydroxylation is 2. The van der Waals surface area contributed by atoms with Gasteiger partial charge in [-0.15, -0.1) is 20.2 Å². The molecule has 0 fully saturated rings. The van der Waals surface area contributed by atoms with Crippen LogP contribution in [0.1, 0.15) is 16.7 Å². The highest BCUT2D eigenvalue weighted by atomic mass is 19.1. The number of halogens is 1. The lowest BCUT2D eigenvalue weighted by molar-refractivity contribution is -0.790. The first-order chi connectivity index (χ1) is 14.7. The maximum Gasteiger partial charge on any atom is 0.310 e. The number of hydrogen-bond acceptors (Lipinski definition) is 9. The Morgan fingerprint density at radius 2 is 1.87 bits per heavy atom. The second-order valence-corrected chi connectivity index (χ2v) is 6.55. The summed E-state index contributed by atoms with van der Waals surface area (Å²) in [5, 5.41) is 21.4. The second kappa shape index (κ2) is 10.7. The molecule has 0 saturated carbocycles. The lowest BCUT2D eigenvalue weighted by atomic mass is 10.1. The van der Waals surface area contributed by atoms with E-state index in [1.54, 1.807) is 37.3 Å². The number of ether oxygens (including phenoxy) is 1. The summed E-state index contributed by atoms with van der Waals surface area (Å²) >= 11 is 0. The molecule has 0 amide bonds. The topological polar surface area (TPSA) is 143 Å². The fraction of sp³-hybridized carbons (Fsp3) is 0.316. The minimum atomic E-state index is -1.47. The van der Waals surface area contributed by atoms with Crippen LogP contribution in [0.3, 0.4) is 0 Å². The molecular formula is C19H20FN3O8. The number of carbonyl (C=O) groups excluding carboxylic acids is 1. The molecule has 0 bridgehead atoms. The first kappa shape index (κ1) is 23.3. The molecule has 1 unspecified atom stereocenters. The van der Waals surface area contributed by atoms with Crippen LogP contribution in [0.25, 0.3) is 0 Å². The Kier molecular flexibility index (Phi) is 8.06. The molecule has 0 spiro atoms. The predicted molar refractivity (Wildman–Crippen MR) is 105 cm³/mol. The zero-order chi connectivity index (χ0) is 23.0. The Morgan fingerprint density at radius 1 is 1.13 bits per heavy atom. The van der Waals surface area contributed by atoms with Gasteiger partial charge in [0.2, 0.25) is 0 Å². The molecule has 0 aliphatic rings. The summed E-state index contributed by atoms with van der Waals surface area (Å²) in [4.78, 5) is 41.2. The average Bonchev–Trinajstić information content (AvgIpc) is 2.68. The molecular weight excluding hydrogens is 417 g/mol. The highest BCUT2D eigenvalue weighted by molar-refractivity contribution is 5.77. The standard InChI is InChI=1S/C19H20FN3O8/c1-12-6-7-17(21-19-13(2)4-3-5-16(19)20)14(8-12)9-18(24)29-10-15(31-23(27)28)11-30-22(25)26/h3-8,15,21H,9-11H2,1-2H3. The fourth-order valence-corrected chi connectivity index (χ4v) is 2.68. The van der Waals surface area contributed by atoms with Gasteiger partial charge in [-0.25, -0.2) is 4.39 Å². The largest absolute Gasteiger partial charge is 0.463 e. The Hall–Kier alpha value is -3.96. The molecule has 2 aromatic carbocycles. The van der Waals surface area contributed by atoms with Crippen molar-refractivity contribution in [3.8, 4) is 0 Å². The number of nitrogens with zero attached hydrogens (tertiary/aromatic N) is 2. The molecule has 2 aromatic rings. The summed E-state index contributed by atoms with van der Waals surface area (Å²) in [5.41, 5.74) is 2.75. The van der Waals surface area contributed by atoms with E-state index >= 15 is 0 Å². The molecule has 0 aromatic heterocycles. The smallest absolute Gasteiger partial charge is 0.310 e. The van der Waals surface area contributed by atoms with Crippen molar-refractivity contribution in [3.63, 3.8) is 0 Å². The van der Waals surface area contributed by atoms with Crippen LogP contribution in [0.4, 0.5) is 15.8 Å². The van der Waals surface area contributed by atoms with Crippen molar-refractivity contribution >= 4 is 17.3 Å². The van der Waals surface area contributed by atoms with E-state index in [9.17, 15) is 29.4 Å². The first-order valence-corrected chi connectivity index (χ1v) is 9.01. The lowest BCUT2D eigenvalue weighted by Crippen LogP contribution is -2.30. The van der Waals surface area contributed by atoms with Crippen LogP contribution in [-0.2, 0) is 25.6 Å². The third-order valence-electron chi connectivity index (χ3n) is 4.11. The maximum absolute atomic E-state index is 14.2. The van der Waals surface area contributed by atoms with Crippen molar-refractivity contribution < 1.29 is 33.8 Å². The highest BCUT2D eigenvalue weighted by Gasteiger charge is 2.19. The Labute approximate surface area is 175 Å². The van der Waals surface area contributed by atoms with E-state index in [0.29, 0.717) is 16.8 Å². The average molecular weight is 437 g/mol. The summed E-state index contributed by atoms with van der Waals surface area (Å²) in [7, 11) is 0. The van der Waals surface area contributed by atoms with Gasteiger partial charge in [0, 0.05) is 5.69 Å². The van der Waals surface area contributed by atoms with E-state index in [1.165, 1.54) is 6.07 Å². The number of anilines is 2. The molecule has 1 atom stereocenters. The van der Waals surface area contributed by atoms with Crippen LogP contribution in [-0.4, -0.2) is 35.5 Å². The number of para-hydroxylation sites is 1. The molecule has 12 heteroatoms.